The molecule has 1 unspecified atom stereocenters. The summed E-state index contributed by atoms with van der Waals surface area (Å²) in [5.41, 5.74) is 7.61. The minimum Gasteiger partial charge on any atom is -0.329 e. The molecule has 104 valence electrons. The SMILES string of the molecule is Cc1ccc(F)c(CN2CCCC2CN)c1.Cl.Cl. The van der Waals surface area contributed by atoms with Gasteiger partial charge in [0.1, 0.15) is 5.82 Å². The average molecular weight is 295 g/mol. The Kier molecular flexibility index (Phi) is 7.79. The van der Waals surface area contributed by atoms with Gasteiger partial charge in [0, 0.05) is 24.7 Å². The van der Waals surface area contributed by atoms with Gasteiger partial charge in [-0.2, -0.15) is 0 Å². The molecule has 1 heterocycles. The van der Waals surface area contributed by atoms with Crippen LogP contribution in [0.1, 0.15) is 24.0 Å². The largest absolute Gasteiger partial charge is 0.329 e. The molecule has 1 saturated heterocycles. The van der Waals surface area contributed by atoms with Crippen molar-refractivity contribution >= 4 is 24.8 Å². The fraction of sp³-hybridized carbons (Fsp3) is 0.538. The van der Waals surface area contributed by atoms with Gasteiger partial charge < -0.3 is 5.73 Å². The van der Waals surface area contributed by atoms with Crippen LogP contribution in [0.2, 0.25) is 0 Å². The molecule has 0 aliphatic carbocycles. The minimum absolute atomic E-state index is 0. The monoisotopic (exact) mass is 294 g/mol. The van der Waals surface area contributed by atoms with Crippen LogP contribution in [-0.2, 0) is 6.54 Å². The molecule has 5 heteroatoms. The van der Waals surface area contributed by atoms with Crippen LogP contribution in [-0.4, -0.2) is 24.0 Å². The van der Waals surface area contributed by atoms with Gasteiger partial charge in [0.25, 0.3) is 0 Å². The first-order valence-corrected chi connectivity index (χ1v) is 5.90. The number of nitrogens with zero attached hydrogens (tertiary/aromatic N) is 1. The van der Waals surface area contributed by atoms with Crippen LogP contribution in [0.3, 0.4) is 0 Å². The van der Waals surface area contributed by atoms with Gasteiger partial charge in [-0.25, -0.2) is 4.39 Å². The highest BCUT2D eigenvalue weighted by Crippen LogP contribution is 2.21. The summed E-state index contributed by atoms with van der Waals surface area (Å²) in [4.78, 5) is 2.29. The Morgan fingerprint density at radius 1 is 1.39 bits per heavy atom. The Balaban J connectivity index is 0.00000144. The Labute approximate surface area is 121 Å². The zero-order chi connectivity index (χ0) is 11.5. The number of hydrogen-bond acceptors (Lipinski definition) is 2. The fourth-order valence-corrected chi connectivity index (χ4v) is 2.41. The molecule has 0 amide bonds. The van der Waals surface area contributed by atoms with Crippen LogP contribution in [0.25, 0.3) is 0 Å². The second-order valence-electron chi connectivity index (χ2n) is 4.60. The number of halogens is 3. The van der Waals surface area contributed by atoms with Gasteiger partial charge in [-0.05, 0) is 32.4 Å². The van der Waals surface area contributed by atoms with E-state index < -0.39 is 0 Å². The summed E-state index contributed by atoms with van der Waals surface area (Å²) in [5, 5.41) is 0. The number of rotatable bonds is 3. The van der Waals surface area contributed by atoms with Gasteiger partial charge in [0.05, 0.1) is 0 Å². The number of aryl methyl sites for hydroxylation is 1. The lowest BCUT2D eigenvalue weighted by Crippen LogP contribution is -2.35. The van der Waals surface area contributed by atoms with Crippen molar-refractivity contribution in [3.05, 3.63) is 35.1 Å². The molecular formula is C13H21Cl2FN2. The van der Waals surface area contributed by atoms with E-state index in [2.05, 4.69) is 4.90 Å². The van der Waals surface area contributed by atoms with Gasteiger partial charge >= 0.3 is 0 Å². The smallest absolute Gasteiger partial charge is 0.127 e. The third kappa shape index (κ3) is 4.09. The van der Waals surface area contributed by atoms with Gasteiger partial charge in [-0.3, -0.25) is 4.90 Å². The summed E-state index contributed by atoms with van der Waals surface area (Å²) in [6.45, 7) is 4.39. The molecule has 0 bridgehead atoms. The summed E-state index contributed by atoms with van der Waals surface area (Å²) in [6, 6.07) is 5.72. The molecule has 1 aromatic rings. The third-order valence-electron chi connectivity index (χ3n) is 3.35. The second-order valence-corrected chi connectivity index (χ2v) is 4.60. The van der Waals surface area contributed by atoms with Crippen molar-refractivity contribution in [1.29, 1.82) is 0 Å². The van der Waals surface area contributed by atoms with Crippen molar-refractivity contribution in [2.24, 2.45) is 5.73 Å². The van der Waals surface area contributed by atoms with Gasteiger partial charge in [-0.1, -0.05) is 17.7 Å². The van der Waals surface area contributed by atoms with E-state index in [1.165, 1.54) is 6.42 Å². The summed E-state index contributed by atoms with van der Waals surface area (Å²) < 4.78 is 13.6. The number of benzene rings is 1. The molecule has 1 atom stereocenters. The summed E-state index contributed by atoms with van der Waals surface area (Å²) in [6.07, 6.45) is 2.32. The van der Waals surface area contributed by atoms with E-state index in [0.29, 0.717) is 19.1 Å². The first-order valence-electron chi connectivity index (χ1n) is 5.90. The Morgan fingerprint density at radius 2 is 2.11 bits per heavy atom. The van der Waals surface area contributed by atoms with E-state index in [1.54, 1.807) is 6.07 Å². The highest BCUT2D eigenvalue weighted by atomic mass is 35.5. The molecule has 1 aliphatic rings. The Hall–Kier alpha value is -0.350. The van der Waals surface area contributed by atoms with Crippen molar-refractivity contribution in [2.75, 3.05) is 13.1 Å². The van der Waals surface area contributed by atoms with E-state index in [4.69, 9.17) is 5.73 Å². The van der Waals surface area contributed by atoms with Crippen LogP contribution >= 0.6 is 24.8 Å². The van der Waals surface area contributed by atoms with Crippen molar-refractivity contribution < 1.29 is 4.39 Å². The average Bonchev–Trinajstić information content (AvgIpc) is 2.71. The molecule has 1 aliphatic heterocycles. The predicted molar refractivity (Wildman–Crippen MR) is 78.1 cm³/mol. The summed E-state index contributed by atoms with van der Waals surface area (Å²) >= 11 is 0. The molecule has 2 N–H and O–H groups in total. The van der Waals surface area contributed by atoms with Crippen LogP contribution in [0.4, 0.5) is 4.39 Å². The van der Waals surface area contributed by atoms with E-state index in [-0.39, 0.29) is 30.6 Å². The van der Waals surface area contributed by atoms with Gasteiger partial charge in [0.15, 0.2) is 0 Å². The van der Waals surface area contributed by atoms with E-state index in [0.717, 1.165) is 24.1 Å². The van der Waals surface area contributed by atoms with Crippen molar-refractivity contribution in [2.45, 2.75) is 32.4 Å². The van der Waals surface area contributed by atoms with Crippen molar-refractivity contribution in [3.63, 3.8) is 0 Å². The van der Waals surface area contributed by atoms with Crippen LogP contribution in [0.5, 0.6) is 0 Å². The van der Waals surface area contributed by atoms with Crippen molar-refractivity contribution in [1.82, 2.24) is 4.90 Å². The lowest BCUT2D eigenvalue weighted by Gasteiger charge is -2.23. The Bertz CT molecular complexity index is 374. The maximum absolute atomic E-state index is 13.6. The first-order chi connectivity index (χ1) is 7.70. The maximum Gasteiger partial charge on any atom is 0.127 e. The molecular weight excluding hydrogens is 274 g/mol. The number of likely N-dealkylation sites (tertiary alicyclic amines) is 1. The summed E-state index contributed by atoms with van der Waals surface area (Å²) in [5.74, 6) is -0.103. The van der Waals surface area contributed by atoms with E-state index in [1.807, 2.05) is 19.1 Å². The van der Waals surface area contributed by atoms with Crippen molar-refractivity contribution in [3.8, 4) is 0 Å². The third-order valence-corrected chi connectivity index (χ3v) is 3.35. The highest BCUT2D eigenvalue weighted by molar-refractivity contribution is 5.85. The summed E-state index contributed by atoms with van der Waals surface area (Å²) in [7, 11) is 0. The second kappa shape index (κ2) is 7.95. The Morgan fingerprint density at radius 3 is 2.78 bits per heavy atom. The quantitative estimate of drug-likeness (QED) is 0.929. The standard InChI is InChI=1S/C13H19FN2.2ClH/c1-10-4-5-13(14)11(7-10)9-16-6-2-3-12(16)8-15;;/h4-5,7,12H,2-3,6,8-9,15H2,1H3;2*1H. The molecule has 0 saturated carbocycles. The predicted octanol–water partition coefficient (Wildman–Crippen LogP) is 2.90. The van der Waals surface area contributed by atoms with Gasteiger partial charge in [0.2, 0.25) is 0 Å². The van der Waals surface area contributed by atoms with E-state index >= 15 is 0 Å². The molecule has 2 nitrogen and oxygen atoms in total. The molecule has 1 fully saturated rings. The molecule has 2 rings (SSSR count). The lowest BCUT2D eigenvalue weighted by atomic mass is 10.1. The number of nitrogens with two attached hydrogens (primary N) is 1. The van der Waals surface area contributed by atoms with E-state index in [9.17, 15) is 4.39 Å². The zero-order valence-corrected chi connectivity index (χ0v) is 12.2. The molecule has 0 aromatic heterocycles. The fourth-order valence-electron chi connectivity index (χ4n) is 2.41. The highest BCUT2D eigenvalue weighted by Gasteiger charge is 2.23. The van der Waals surface area contributed by atoms with Crippen LogP contribution in [0.15, 0.2) is 18.2 Å². The topological polar surface area (TPSA) is 29.3 Å². The zero-order valence-electron chi connectivity index (χ0n) is 10.6. The van der Waals surface area contributed by atoms with Crippen LogP contribution in [0, 0.1) is 12.7 Å². The van der Waals surface area contributed by atoms with Crippen LogP contribution < -0.4 is 5.73 Å². The normalized spacial score (nSPS) is 19.2. The first kappa shape index (κ1) is 17.6. The molecule has 1 aromatic carbocycles. The molecule has 0 spiro atoms. The number of hydrogen-bond donors (Lipinski definition) is 1. The minimum atomic E-state index is -0.103. The molecule has 18 heavy (non-hydrogen) atoms. The lowest BCUT2D eigenvalue weighted by molar-refractivity contribution is 0.247. The van der Waals surface area contributed by atoms with Gasteiger partial charge in [-0.15, -0.1) is 24.8 Å². The maximum atomic E-state index is 13.6. The molecule has 0 radical (unpaired) electrons.